The van der Waals surface area contributed by atoms with Crippen LogP contribution in [0.3, 0.4) is 0 Å². The maximum atomic E-state index is 12.1. The van der Waals surface area contributed by atoms with Crippen LogP contribution in [0.4, 0.5) is 15.6 Å². The maximum absolute atomic E-state index is 12.1. The normalized spacial score (nSPS) is 12.3. The van der Waals surface area contributed by atoms with E-state index in [4.69, 9.17) is 0 Å². The van der Waals surface area contributed by atoms with Crippen LogP contribution in [0.2, 0.25) is 0 Å². The number of hydrogen-bond acceptors (Lipinski definition) is 6. The molecular weight excluding hydrogens is 354 g/mol. The van der Waals surface area contributed by atoms with Gasteiger partial charge in [-0.05, 0) is 45.5 Å². The molecular formula is C17H25N5O3S. The van der Waals surface area contributed by atoms with E-state index in [1.807, 2.05) is 6.92 Å². The minimum absolute atomic E-state index is 0.0129. The lowest BCUT2D eigenvalue weighted by Gasteiger charge is -2.19. The van der Waals surface area contributed by atoms with E-state index in [-0.39, 0.29) is 17.8 Å². The van der Waals surface area contributed by atoms with Crippen LogP contribution >= 0.6 is 11.3 Å². The van der Waals surface area contributed by atoms with Crippen LogP contribution in [0.25, 0.3) is 10.2 Å². The highest BCUT2D eigenvalue weighted by molar-refractivity contribution is 7.22. The highest BCUT2D eigenvalue weighted by atomic mass is 32.1. The Morgan fingerprint density at radius 3 is 2.77 bits per heavy atom. The summed E-state index contributed by atoms with van der Waals surface area (Å²) in [4.78, 5) is 29.1. The lowest BCUT2D eigenvalue weighted by molar-refractivity contribution is -0.384. The number of fused-ring (bicyclic) bond motifs is 1. The van der Waals surface area contributed by atoms with Gasteiger partial charge in [0.25, 0.3) is 5.69 Å². The highest BCUT2D eigenvalue weighted by Gasteiger charge is 2.13. The zero-order valence-corrected chi connectivity index (χ0v) is 16.1. The number of nitrogens with zero attached hydrogens (tertiary/aromatic N) is 3. The first-order valence-electron chi connectivity index (χ1n) is 8.77. The van der Waals surface area contributed by atoms with E-state index in [0.717, 1.165) is 32.5 Å². The molecule has 0 saturated carbocycles. The van der Waals surface area contributed by atoms with Crippen LogP contribution in [0.5, 0.6) is 0 Å². The van der Waals surface area contributed by atoms with E-state index < -0.39 is 4.92 Å². The Bertz CT molecular complexity index is 760. The number of amides is 2. The summed E-state index contributed by atoms with van der Waals surface area (Å²) in [5, 5.41) is 16.9. The minimum Gasteiger partial charge on any atom is -0.335 e. The second kappa shape index (κ2) is 9.44. The van der Waals surface area contributed by atoms with Gasteiger partial charge in [0.1, 0.15) is 0 Å². The summed E-state index contributed by atoms with van der Waals surface area (Å²) < 4.78 is 0.668. The molecule has 8 nitrogen and oxygen atoms in total. The molecule has 9 heteroatoms. The van der Waals surface area contributed by atoms with Gasteiger partial charge in [-0.1, -0.05) is 25.2 Å². The fourth-order valence-corrected chi connectivity index (χ4v) is 3.56. The molecule has 2 amide bonds. The largest absolute Gasteiger partial charge is 0.335 e. The molecule has 1 aromatic heterocycles. The van der Waals surface area contributed by atoms with Crippen LogP contribution in [0, 0.1) is 10.1 Å². The maximum Gasteiger partial charge on any atom is 0.321 e. The third-order valence-corrected chi connectivity index (χ3v) is 5.12. The SMILES string of the molecule is CCN(CC)CCCC(C)NC(=O)Nc1nc2ccc([N+](=O)[O-])cc2s1. The summed E-state index contributed by atoms with van der Waals surface area (Å²) in [6.45, 7) is 9.36. The van der Waals surface area contributed by atoms with Crippen LogP contribution in [-0.4, -0.2) is 46.5 Å². The van der Waals surface area contributed by atoms with Crippen molar-refractivity contribution >= 4 is 38.4 Å². The Morgan fingerprint density at radius 2 is 2.12 bits per heavy atom. The molecule has 1 atom stereocenters. The number of rotatable bonds is 9. The highest BCUT2D eigenvalue weighted by Crippen LogP contribution is 2.29. The van der Waals surface area contributed by atoms with Gasteiger partial charge in [-0.3, -0.25) is 15.4 Å². The van der Waals surface area contributed by atoms with E-state index in [2.05, 4.69) is 34.4 Å². The van der Waals surface area contributed by atoms with Crippen molar-refractivity contribution in [2.24, 2.45) is 0 Å². The van der Waals surface area contributed by atoms with Crippen LogP contribution in [0.1, 0.15) is 33.6 Å². The zero-order chi connectivity index (χ0) is 19.1. The first-order valence-corrected chi connectivity index (χ1v) is 9.59. The van der Waals surface area contributed by atoms with Crippen molar-refractivity contribution in [1.29, 1.82) is 0 Å². The molecule has 26 heavy (non-hydrogen) atoms. The summed E-state index contributed by atoms with van der Waals surface area (Å²) in [6, 6.07) is 4.20. The molecule has 0 fully saturated rings. The van der Waals surface area contributed by atoms with E-state index in [9.17, 15) is 14.9 Å². The fraction of sp³-hybridized carbons (Fsp3) is 0.529. The zero-order valence-electron chi connectivity index (χ0n) is 15.3. The number of carbonyl (C=O) groups excluding carboxylic acids is 1. The average Bonchev–Trinajstić information content (AvgIpc) is 2.99. The van der Waals surface area contributed by atoms with Crippen molar-refractivity contribution in [2.45, 2.75) is 39.7 Å². The predicted octanol–water partition coefficient (Wildman–Crippen LogP) is 3.84. The molecule has 2 aromatic rings. The van der Waals surface area contributed by atoms with Gasteiger partial charge < -0.3 is 10.2 Å². The monoisotopic (exact) mass is 379 g/mol. The molecule has 1 unspecified atom stereocenters. The number of aromatic nitrogens is 1. The number of nitro groups is 1. The quantitative estimate of drug-likeness (QED) is 0.509. The Labute approximate surface area is 156 Å². The summed E-state index contributed by atoms with van der Waals surface area (Å²) in [6.07, 6.45) is 1.92. The van der Waals surface area contributed by atoms with Crippen LogP contribution < -0.4 is 10.6 Å². The Morgan fingerprint density at radius 1 is 1.38 bits per heavy atom. The summed E-state index contributed by atoms with van der Waals surface area (Å²) in [5.41, 5.74) is 0.641. The average molecular weight is 379 g/mol. The number of urea groups is 1. The fourth-order valence-electron chi connectivity index (χ4n) is 2.67. The van der Waals surface area contributed by atoms with Gasteiger partial charge >= 0.3 is 6.03 Å². The van der Waals surface area contributed by atoms with Crippen molar-refractivity contribution in [3.63, 3.8) is 0 Å². The molecule has 0 aliphatic carbocycles. The number of nitro benzene ring substituents is 1. The van der Waals surface area contributed by atoms with Gasteiger partial charge in [-0.2, -0.15) is 0 Å². The minimum atomic E-state index is -0.446. The second-order valence-electron chi connectivity index (χ2n) is 6.10. The van der Waals surface area contributed by atoms with E-state index in [0.29, 0.717) is 15.3 Å². The smallest absolute Gasteiger partial charge is 0.321 e. The Hall–Kier alpha value is -2.26. The van der Waals surface area contributed by atoms with Gasteiger partial charge in [0.15, 0.2) is 5.13 Å². The number of non-ortho nitro benzene ring substituents is 1. The first-order chi connectivity index (χ1) is 12.4. The van der Waals surface area contributed by atoms with Gasteiger partial charge in [0.2, 0.25) is 0 Å². The molecule has 0 spiro atoms. The van der Waals surface area contributed by atoms with E-state index >= 15 is 0 Å². The van der Waals surface area contributed by atoms with Crippen molar-refractivity contribution in [3.8, 4) is 0 Å². The summed E-state index contributed by atoms with van der Waals surface area (Å²) in [5.74, 6) is 0. The number of thiazole rings is 1. The molecule has 0 aliphatic heterocycles. The van der Waals surface area contributed by atoms with Gasteiger partial charge in [0.05, 0.1) is 15.1 Å². The van der Waals surface area contributed by atoms with Crippen molar-refractivity contribution < 1.29 is 9.72 Å². The Kier molecular flexibility index (Phi) is 7.28. The van der Waals surface area contributed by atoms with Crippen LogP contribution in [0.15, 0.2) is 18.2 Å². The number of nitrogens with one attached hydrogen (secondary N) is 2. The molecule has 0 saturated heterocycles. The molecule has 1 aromatic carbocycles. The third kappa shape index (κ3) is 5.63. The molecule has 0 aliphatic rings. The standard InChI is InChI=1S/C17H25N5O3S/c1-4-21(5-2)10-6-7-12(3)18-16(23)20-17-19-14-9-8-13(22(24)25)11-15(14)26-17/h8-9,11-12H,4-7,10H2,1-3H3,(H2,18,19,20,23). The van der Waals surface area contributed by atoms with Crippen molar-refractivity contribution in [1.82, 2.24) is 15.2 Å². The lowest BCUT2D eigenvalue weighted by Crippen LogP contribution is -2.36. The molecule has 2 rings (SSSR count). The Balaban J connectivity index is 1.85. The van der Waals surface area contributed by atoms with E-state index in [1.165, 1.54) is 23.5 Å². The van der Waals surface area contributed by atoms with E-state index in [1.54, 1.807) is 6.07 Å². The topological polar surface area (TPSA) is 100 Å². The van der Waals surface area contributed by atoms with Gasteiger partial charge in [-0.25, -0.2) is 9.78 Å². The number of hydrogen-bond donors (Lipinski definition) is 2. The first kappa shape index (κ1) is 20.1. The molecule has 1 heterocycles. The second-order valence-corrected chi connectivity index (χ2v) is 7.13. The van der Waals surface area contributed by atoms with Gasteiger partial charge in [-0.15, -0.1) is 0 Å². The molecule has 2 N–H and O–H groups in total. The van der Waals surface area contributed by atoms with Crippen molar-refractivity contribution in [2.75, 3.05) is 25.0 Å². The number of benzene rings is 1. The van der Waals surface area contributed by atoms with Crippen molar-refractivity contribution in [3.05, 3.63) is 28.3 Å². The number of anilines is 1. The molecule has 0 bridgehead atoms. The summed E-state index contributed by atoms with van der Waals surface area (Å²) >= 11 is 1.22. The predicted molar refractivity (Wildman–Crippen MR) is 105 cm³/mol. The van der Waals surface area contributed by atoms with Gasteiger partial charge in [0, 0.05) is 18.2 Å². The molecule has 142 valence electrons. The molecule has 0 radical (unpaired) electrons. The number of carbonyl (C=O) groups is 1. The third-order valence-electron chi connectivity index (χ3n) is 4.19. The summed E-state index contributed by atoms with van der Waals surface area (Å²) in [7, 11) is 0. The lowest BCUT2D eigenvalue weighted by atomic mass is 10.2. The van der Waals surface area contributed by atoms with Crippen LogP contribution in [-0.2, 0) is 0 Å².